The van der Waals surface area contributed by atoms with Crippen LogP contribution in [-0.4, -0.2) is 27.9 Å². The second-order valence-corrected chi connectivity index (χ2v) is 6.86. The lowest BCUT2D eigenvalue weighted by atomic mass is 9.89. The minimum atomic E-state index is -3.64. The van der Waals surface area contributed by atoms with Crippen LogP contribution in [0.2, 0.25) is 0 Å². The summed E-state index contributed by atoms with van der Waals surface area (Å²) in [4.78, 5) is 11.9. The van der Waals surface area contributed by atoms with E-state index in [0.29, 0.717) is 12.5 Å². The minimum absolute atomic E-state index is 0.0228. The highest BCUT2D eigenvalue weighted by Crippen LogP contribution is 2.23. The number of hydrogen-bond acceptors (Lipinski definition) is 4. The van der Waals surface area contributed by atoms with Gasteiger partial charge >= 0.3 is 0 Å². The van der Waals surface area contributed by atoms with E-state index in [0.717, 1.165) is 12.8 Å². The summed E-state index contributed by atoms with van der Waals surface area (Å²) in [5, 5.41) is 2.56. The lowest BCUT2D eigenvalue weighted by molar-refractivity contribution is 0.0910. The van der Waals surface area contributed by atoms with Crippen LogP contribution >= 0.6 is 0 Å². The maximum Gasteiger partial charge on any atom is 0.287 e. The van der Waals surface area contributed by atoms with Crippen molar-refractivity contribution >= 4 is 15.9 Å². The second-order valence-electron chi connectivity index (χ2n) is 5.04. The van der Waals surface area contributed by atoms with E-state index in [4.69, 9.17) is 4.42 Å². The molecule has 1 aromatic rings. The second kappa shape index (κ2) is 6.41. The number of amides is 1. The Balaban J connectivity index is 1.92. The van der Waals surface area contributed by atoms with Gasteiger partial charge in [-0.1, -0.05) is 19.3 Å². The third-order valence-corrected chi connectivity index (χ3v) is 4.90. The molecule has 0 saturated heterocycles. The van der Waals surface area contributed by atoms with Gasteiger partial charge in [0.2, 0.25) is 5.09 Å². The summed E-state index contributed by atoms with van der Waals surface area (Å²) in [7, 11) is -2.35. The number of nitrogens with one attached hydrogen (secondary N) is 2. The van der Waals surface area contributed by atoms with Gasteiger partial charge in [0.25, 0.3) is 15.9 Å². The SMILES string of the molecule is CNS(=O)(=O)c1ccc(C(=O)NCC2CCCCC2)o1. The first-order valence-electron chi connectivity index (χ1n) is 6.84. The van der Waals surface area contributed by atoms with E-state index < -0.39 is 10.0 Å². The molecule has 6 nitrogen and oxygen atoms in total. The van der Waals surface area contributed by atoms with Crippen LogP contribution in [0.25, 0.3) is 0 Å². The van der Waals surface area contributed by atoms with Crippen LogP contribution in [-0.2, 0) is 10.0 Å². The maximum absolute atomic E-state index is 11.9. The van der Waals surface area contributed by atoms with Crippen molar-refractivity contribution in [2.24, 2.45) is 5.92 Å². The Labute approximate surface area is 119 Å². The van der Waals surface area contributed by atoms with Crippen molar-refractivity contribution in [1.29, 1.82) is 0 Å². The minimum Gasteiger partial charge on any atom is -0.438 e. The van der Waals surface area contributed by atoms with Crippen LogP contribution in [0.5, 0.6) is 0 Å². The molecular weight excluding hydrogens is 280 g/mol. The molecule has 112 valence electrons. The molecule has 1 amide bonds. The molecule has 1 aliphatic carbocycles. The Kier molecular flexibility index (Phi) is 4.82. The Morgan fingerprint density at radius 2 is 2.00 bits per heavy atom. The van der Waals surface area contributed by atoms with Gasteiger partial charge in [-0.15, -0.1) is 0 Å². The predicted molar refractivity (Wildman–Crippen MR) is 73.9 cm³/mol. The van der Waals surface area contributed by atoms with E-state index in [1.807, 2.05) is 0 Å². The van der Waals surface area contributed by atoms with Gasteiger partial charge in [-0.2, -0.15) is 0 Å². The predicted octanol–water partition coefficient (Wildman–Crippen LogP) is 1.50. The Morgan fingerprint density at radius 1 is 1.30 bits per heavy atom. The van der Waals surface area contributed by atoms with Crippen LogP contribution in [0.1, 0.15) is 42.7 Å². The normalized spacial score (nSPS) is 17.1. The van der Waals surface area contributed by atoms with E-state index in [2.05, 4.69) is 10.0 Å². The molecule has 1 fully saturated rings. The topological polar surface area (TPSA) is 88.4 Å². The summed E-state index contributed by atoms with van der Waals surface area (Å²) in [5.74, 6) is 0.172. The number of carbonyl (C=O) groups excluding carboxylic acids is 1. The van der Waals surface area contributed by atoms with E-state index in [1.165, 1.54) is 38.4 Å². The molecule has 2 N–H and O–H groups in total. The summed E-state index contributed by atoms with van der Waals surface area (Å²) in [6.07, 6.45) is 5.97. The van der Waals surface area contributed by atoms with Gasteiger partial charge in [0, 0.05) is 6.54 Å². The first-order valence-corrected chi connectivity index (χ1v) is 8.33. The van der Waals surface area contributed by atoms with Gasteiger partial charge < -0.3 is 9.73 Å². The molecule has 1 saturated carbocycles. The molecule has 7 heteroatoms. The molecule has 20 heavy (non-hydrogen) atoms. The maximum atomic E-state index is 11.9. The quantitative estimate of drug-likeness (QED) is 0.862. The molecule has 0 aromatic carbocycles. The number of sulfonamides is 1. The third kappa shape index (κ3) is 3.61. The third-order valence-electron chi connectivity index (χ3n) is 3.61. The van der Waals surface area contributed by atoms with E-state index in [-0.39, 0.29) is 16.8 Å². The lowest BCUT2D eigenvalue weighted by Gasteiger charge is -2.21. The van der Waals surface area contributed by atoms with Crippen molar-refractivity contribution in [3.8, 4) is 0 Å². The Hall–Kier alpha value is -1.34. The standard InChI is InChI=1S/C13H20N2O4S/c1-14-20(17,18)12-8-7-11(19-12)13(16)15-9-10-5-3-2-4-6-10/h7-8,10,14H,2-6,9H2,1H3,(H,15,16). The number of furan rings is 1. The van der Waals surface area contributed by atoms with Gasteiger partial charge in [-0.25, -0.2) is 13.1 Å². The number of hydrogen-bond donors (Lipinski definition) is 2. The van der Waals surface area contributed by atoms with Crippen LogP contribution in [0.4, 0.5) is 0 Å². The monoisotopic (exact) mass is 300 g/mol. The Bertz CT molecular complexity index is 559. The van der Waals surface area contributed by atoms with Gasteiger partial charge in [-0.3, -0.25) is 4.79 Å². The van der Waals surface area contributed by atoms with Gasteiger partial charge in [0.15, 0.2) is 5.76 Å². The van der Waals surface area contributed by atoms with Crippen LogP contribution in [0.3, 0.4) is 0 Å². The van der Waals surface area contributed by atoms with E-state index >= 15 is 0 Å². The number of carbonyl (C=O) groups is 1. The largest absolute Gasteiger partial charge is 0.438 e. The summed E-state index contributed by atoms with van der Waals surface area (Å²) in [5.41, 5.74) is 0. The zero-order chi connectivity index (χ0) is 14.6. The van der Waals surface area contributed by atoms with Crippen LogP contribution < -0.4 is 10.0 Å². The van der Waals surface area contributed by atoms with Crippen LogP contribution in [0.15, 0.2) is 21.6 Å². The molecule has 2 rings (SSSR count). The summed E-state index contributed by atoms with van der Waals surface area (Å²) >= 11 is 0. The number of rotatable bonds is 5. The fraction of sp³-hybridized carbons (Fsp3) is 0.615. The molecular formula is C13H20N2O4S. The van der Waals surface area contributed by atoms with Gasteiger partial charge in [0.05, 0.1) is 0 Å². The zero-order valence-electron chi connectivity index (χ0n) is 11.5. The van der Waals surface area contributed by atoms with Crippen molar-refractivity contribution in [3.05, 3.63) is 17.9 Å². The fourth-order valence-corrected chi connectivity index (χ4v) is 3.05. The summed E-state index contributed by atoms with van der Waals surface area (Å²) in [6, 6.07) is 2.65. The van der Waals surface area contributed by atoms with Crippen LogP contribution in [0, 0.1) is 5.92 Å². The molecule has 0 aliphatic heterocycles. The fourth-order valence-electron chi connectivity index (χ4n) is 2.40. The lowest BCUT2D eigenvalue weighted by Crippen LogP contribution is -2.30. The highest BCUT2D eigenvalue weighted by molar-refractivity contribution is 7.89. The van der Waals surface area contributed by atoms with E-state index in [1.54, 1.807) is 0 Å². The zero-order valence-corrected chi connectivity index (χ0v) is 12.3. The molecule has 1 heterocycles. The van der Waals surface area contributed by atoms with E-state index in [9.17, 15) is 13.2 Å². The smallest absolute Gasteiger partial charge is 0.287 e. The average molecular weight is 300 g/mol. The first-order chi connectivity index (χ1) is 9.53. The summed E-state index contributed by atoms with van der Waals surface area (Å²) < 4.78 is 30.2. The van der Waals surface area contributed by atoms with Gasteiger partial charge in [-0.05, 0) is 37.9 Å². The highest BCUT2D eigenvalue weighted by Gasteiger charge is 2.20. The Morgan fingerprint density at radius 3 is 2.65 bits per heavy atom. The van der Waals surface area contributed by atoms with Crippen molar-refractivity contribution in [2.75, 3.05) is 13.6 Å². The highest BCUT2D eigenvalue weighted by atomic mass is 32.2. The molecule has 0 radical (unpaired) electrons. The molecule has 0 atom stereocenters. The summed E-state index contributed by atoms with van der Waals surface area (Å²) in [6.45, 7) is 0.619. The molecule has 1 aromatic heterocycles. The van der Waals surface area contributed by atoms with Crippen molar-refractivity contribution in [3.63, 3.8) is 0 Å². The average Bonchev–Trinajstić information content (AvgIpc) is 2.96. The van der Waals surface area contributed by atoms with Crippen molar-refractivity contribution in [1.82, 2.24) is 10.0 Å². The molecule has 0 bridgehead atoms. The molecule has 1 aliphatic rings. The van der Waals surface area contributed by atoms with Crippen molar-refractivity contribution < 1.29 is 17.6 Å². The molecule has 0 spiro atoms. The van der Waals surface area contributed by atoms with Gasteiger partial charge in [0.1, 0.15) is 0 Å². The van der Waals surface area contributed by atoms with Crippen molar-refractivity contribution in [2.45, 2.75) is 37.2 Å². The molecule has 0 unspecified atom stereocenters. The first kappa shape index (κ1) is 15.1.